The molecular formula is C18H17ClN3O3+. The lowest BCUT2D eigenvalue weighted by Gasteiger charge is -2.14. The molecule has 0 aliphatic rings. The Balaban J connectivity index is 1.76. The number of halogens is 1. The smallest absolute Gasteiger partial charge is 0.335 e. The summed E-state index contributed by atoms with van der Waals surface area (Å²) >= 11 is 5.85. The molecule has 0 spiro atoms. The minimum absolute atomic E-state index is 0.109. The first-order valence-electron chi connectivity index (χ1n) is 7.71. The van der Waals surface area contributed by atoms with E-state index in [2.05, 4.69) is 5.27 Å². The first-order chi connectivity index (χ1) is 12.0. The number of likely N-dealkylation sites (N-methyl/N-ethyl adjacent to an activating group) is 1. The van der Waals surface area contributed by atoms with Crippen LogP contribution in [0.3, 0.4) is 0 Å². The fourth-order valence-corrected chi connectivity index (χ4v) is 2.56. The lowest BCUT2D eigenvalue weighted by Crippen LogP contribution is -2.42. The summed E-state index contributed by atoms with van der Waals surface area (Å²) in [5, 5.41) is 3.19. The van der Waals surface area contributed by atoms with E-state index in [-0.39, 0.29) is 18.9 Å². The summed E-state index contributed by atoms with van der Waals surface area (Å²) in [5.41, 5.74) is 1.45. The molecule has 0 fully saturated rings. The number of rotatable bonds is 5. The van der Waals surface area contributed by atoms with Crippen LogP contribution in [0.5, 0.6) is 0 Å². The Hall–Kier alpha value is -2.86. The molecule has 0 unspecified atom stereocenters. The molecule has 1 N–H and O–H groups in total. The third-order valence-electron chi connectivity index (χ3n) is 3.83. The molecule has 0 saturated heterocycles. The van der Waals surface area contributed by atoms with Crippen LogP contribution in [0, 0.1) is 0 Å². The molecular weight excluding hydrogens is 342 g/mol. The average molecular weight is 359 g/mol. The Labute approximate surface area is 149 Å². The molecule has 0 bridgehead atoms. The molecule has 0 saturated carbocycles. The van der Waals surface area contributed by atoms with E-state index in [0.29, 0.717) is 10.7 Å². The topological polar surface area (TPSA) is 70.2 Å². The molecule has 7 heteroatoms. The summed E-state index contributed by atoms with van der Waals surface area (Å²) in [4.78, 5) is 25.9. The lowest BCUT2D eigenvalue weighted by molar-refractivity contribution is -0.678. The van der Waals surface area contributed by atoms with Crippen LogP contribution in [0.2, 0.25) is 5.02 Å². The summed E-state index contributed by atoms with van der Waals surface area (Å²) in [6.07, 6.45) is 0.231. The van der Waals surface area contributed by atoms with Crippen molar-refractivity contribution in [1.82, 2.24) is 10.2 Å². The van der Waals surface area contributed by atoms with Gasteiger partial charge >= 0.3 is 11.3 Å². The molecule has 0 aliphatic heterocycles. The third-order valence-corrected chi connectivity index (χ3v) is 4.08. The third kappa shape index (κ3) is 3.97. The zero-order valence-electron chi connectivity index (χ0n) is 13.6. The Morgan fingerprint density at radius 3 is 2.52 bits per heavy atom. The van der Waals surface area contributed by atoms with Gasteiger partial charge in [0.05, 0.1) is 6.42 Å². The quantitative estimate of drug-likeness (QED) is 0.710. The van der Waals surface area contributed by atoms with Gasteiger partial charge in [0.25, 0.3) is 0 Å². The molecule has 1 heterocycles. The highest BCUT2D eigenvalue weighted by Gasteiger charge is 2.26. The second-order valence-electron chi connectivity index (χ2n) is 5.65. The highest BCUT2D eigenvalue weighted by molar-refractivity contribution is 6.30. The number of aromatic amines is 1. The van der Waals surface area contributed by atoms with Crippen LogP contribution in [0.25, 0.3) is 5.69 Å². The molecule has 1 amide bonds. The Morgan fingerprint density at radius 2 is 1.84 bits per heavy atom. The number of carbonyl (C=O) groups is 1. The Morgan fingerprint density at radius 1 is 1.16 bits per heavy atom. The van der Waals surface area contributed by atoms with Crippen molar-refractivity contribution < 1.29 is 14.0 Å². The van der Waals surface area contributed by atoms with E-state index >= 15 is 0 Å². The summed E-state index contributed by atoms with van der Waals surface area (Å²) in [6, 6.07) is 16.4. The number of hydrogen-bond donors (Lipinski definition) is 1. The van der Waals surface area contributed by atoms with Gasteiger partial charge in [-0.25, -0.2) is 4.79 Å². The number of nitrogens with zero attached hydrogens (tertiary/aromatic N) is 2. The molecule has 0 radical (unpaired) electrons. The minimum Gasteiger partial charge on any atom is -0.335 e. The maximum atomic E-state index is 12.4. The van der Waals surface area contributed by atoms with Gasteiger partial charge in [-0.05, 0) is 27.6 Å². The largest absolute Gasteiger partial charge is 0.432 e. The van der Waals surface area contributed by atoms with Gasteiger partial charge in [-0.1, -0.05) is 41.9 Å². The number of para-hydroxylation sites is 1. The fourth-order valence-electron chi connectivity index (χ4n) is 2.44. The van der Waals surface area contributed by atoms with Crippen molar-refractivity contribution in [1.29, 1.82) is 0 Å². The Kier molecular flexibility index (Phi) is 5.00. The molecule has 3 rings (SSSR count). The Bertz CT molecular complexity index is 917. The van der Waals surface area contributed by atoms with Gasteiger partial charge in [0.2, 0.25) is 11.6 Å². The van der Waals surface area contributed by atoms with Crippen molar-refractivity contribution in [2.45, 2.75) is 13.0 Å². The lowest BCUT2D eigenvalue weighted by atomic mass is 10.1. The SMILES string of the molecule is CN(Cc1c(=O)o[nH][n+]1-c1ccccc1)C(=O)Cc1ccc(Cl)cc1. The van der Waals surface area contributed by atoms with Gasteiger partial charge in [-0.2, -0.15) is 0 Å². The molecule has 6 nitrogen and oxygen atoms in total. The van der Waals surface area contributed by atoms with E-state index in [1.165, 1.54) is 9.58 Å². The van der Waals surface area contributed by atoms with E-state index in [9.17, 15) is 9.59 Å². The van der Waals surface area contributed by atoms with E-state index < -0.39 is 5.63 Å². The number of hydrogen-bond acceptors (Lipinski definition) is 3. The van der Waals surface area contributed by atoms with E-state index in [0.717, 1.165) is 11.3 Å². The number of benzene rings is 2. The van der Waals surface area contributed by atoms with Crippen LogP contribution in [-0.2, 0) is 17.8 Å². The monoisotopic (exact) mass is 358 g/mol. The second kappa shape index (κ2) is 7.36. The number of H-pyrrole nitrogens is 1. The maximum absolute atomic E-state index is 12.4. The van der Waals surface area contributed by atoms with Gasteiger partial charge in [0.15, 0.2) is 0 Å². The van der Waals surface area contributed by atoms with Crippen LogP contribution in [0.1, 0.15) is 11.3 Å². The van der Waals surface area contributed by atoms with Crippen LogP contribution in [0.15, 0.2) is 63.9 Å². The van der Waals surface area contributed by atoms with E-state index in [4.69, 9.17) is 16.1 Å². The molecule has 0 atom stereocenters. The number of nitrogens with one attached hydrogen (secondary N) is 1. The number of aromatic nitrogens is 2. The fraction of sp³-hybridized carbons (Fsp3) is 0.167. The van der Waals surface area contributed by atoms with Crippen molar-refractivity contribution in [3.05, 3.63) is 81.3 Å². The van der Waals surface area contributed by atoms with Gasteiger partial charge in [-0.3, -0.25) is 9.32 Å². The number of carbonyl (C=O) groups excluding carboxylic acids is 1. The van der Waals surface area contributed by atoms with Crippen molar-refractivity contribution >= 4 is 17.5 Å². The molecule has 3 aromatic rings. The zero-order chi connectivity index (χ0) is 17.8. The molecule has 0 aliphatic carbocycles. The summed E-state index contributed by atoms with van der Waals surface area (Å²) in [5.74, 6) is -0.109. The summed E-state index contributed by atoms with van der Waals surface area (Å²) in [6.45, 7) is 0.132. The second-order valence-corrected chi connectivity index (χ2v) is 6.09. The van der Waals surface area contributed by atoms with Crippen molar-refractivity contribution in [3.8, 4) is 5.69 Å². The van der Waals surface area contributed by atoms with Gasteiger partial charge in [-0.15, -0.1) is 0 Å². The molecule has 1 aromatic heterocycles. The standard InChI is InChI=1S/C18H16ClN3O3/c1-21(17(23)11-13-7-9-14(19)10-8-13)12-16-18(24)25-20-22(16)15-5-3-2-4-6-15/h2-10H,11-12H2,1H3/p+1. The summed E-state index contributed by atoms with van der Waals surface area (Å²) < 4.78 is 6.43. The van der Waals surface area contributed by atoms with E-state index in [1.807, 2.05) is 42.5 Å². The van der Waals surface area contributed by atoms with Gasteiger partial charge < -0.3 is 4.90 Å². The van der Waals surface area contributed by atoms with Crippen LogP contribution >= 0.6 is 11.6 Å². The van der Waals surface area contributed by atoms with Crippen LogP contribution < -0.4 is 10.3 Å². The average Bonchev–Trinajstić information content (AvgIpc) is 2.98. The highest BCUT2D eigenvalue weighted by atomic mass is 35.5. The predicted octanol–water partition coefficient (Wildman–Crippen LogP) is 2.10. The van der Waals surface area contributed by atoms with Crippen molar-refractivity contribution in [2.24, 2.45) is 0 Å². The van der Waals surface area contributed by atoms with Crippen LogP contribution in [0.4, 0.5) is 0 Å². The molecule has 25 heavy (non-hydrogen) atoms. The summed E-state index contributed by atoms with van der Waals surface area (Å²) in [7, 11) is 1.65. The van der Waals surface area contributed by atoms with Gasteiger partial charge in [0, 0.05) is 24.2 Å². The highest BCUT2D eigenvalue weighted by Crippen LogP contribution is 2.11. The van der Waals surface area contributed by atoms with E-state index in [1.54, 1.807) is 19.2 Å². The maximum Gasteiger partial charge on any atom is 0.432 e. The molecule has 128 valence electrons. The minimum atomic E-state index is -0.505. The molecule has 2 aromatic carbocycles. The first kappa shape index (κ1) is 17.0. The predicted molar refractivity (Wildman–Crippen MR) is 92.5 cm³/mol. The van der Waals surface area contributed by atoms with Crippen molar-refractivity contribution in [2.75, 3.05) is 7.05 Å². The van der Waals surface area contributed by atoms with Gasteiger partial charge in [0.1, 0.15) is 6.54 Å². The van der Waals surface area contributed by atoms with Crippen molar-refractivity contribution in [3.63, 3.8) is 0 Å². The normalized spacial score (nSPS) is 10.6. The first-order valence-corrected chi connectivity index (χ1v) is 8.08. The zero-order valence-corrected chi connectivity index (χ0v) is 14.4. The number of amides is 1. The van der Waals surface area contributed by atoms with Crippen LogP contribution in [-0.4, -0.2) is 23.1 Å².